The Morgan fingerprint density at radius 1 is 1.00 bits per heavy atom. The lowest BCUT2D eigenvalue weighted by Crippen LogP contribution is -2.36. The SMILES string of the molecule is CCCOc1ccc(CNC(=NCc2ccc3c(c2)OCO3)NCC)cc1OC.I. The molecule has 0 aliphatic carbocycles. The van der Waals surface area contributed by atoms with Gasteiger partial charge in [-0.1, -0.05) is 19.1 Å². The van der Waals surface area contributed by atoms with Crippen molar-refractivity contribution >= 4 is 29.9 Å². The monoisotopic (exact) mass is 527 g/mol. The molecular weight excluding hydrogens is 497 g/mol. The van der Waals surface area contributed by atoms with Gasteiger partial charge in [0.1, 0.15) is 0 Å². The van der Waals surface area contributed by atoms with Crippen molar-refractivity contribution in [3.63, 3.8) is 0 Å². The number of ether oxygens (including phenoxy) is 4. The fourth-order valence-corrected chi connectivity index (χ4v) is 2.89. The molecule has 1 aliphatic rings. The Balaban J connectivity index is 0.00000320. The highest BCUT2D eigenvalue weighted by Gasteiger charge is 2.13. The van der Waals surface area contributed by atoms with E-state index >= 15 is 0 Å². The van der Waals surface area contributed by atoms with E-state index in [2.05, 4.69) is 22.5 Å². The molecular formula is C22H30IN3O4. The van der Waals surface area contributed by atoms with Crippen LogP contribution in [-0.2, 0) is 13.1 Å². The topological polar surface area (TPSA) is 73.3 Å². The summed E-state index contributed by atoms with van der Waals surface area (Å²) >= 11 is 0. The molecule has 2 aromatic carbocycles. The maximum atomic E-state index is 5.71. The van der Waals surface area contributed by atoms with Gasteiger partial charge in [0.15, 0.2) is 29.0 Å². The first-order valence-electron chi connectivity index (χ1n) is 9.94. The van der Waals surface area contributed by atoms with Crippen molar-refractivity contribution in [3.05, 3.63) is 47.5 Å². The van der Waals surface area contributed by atoms with Gasteiger partial charge in [-0.2, -0.15) is 0 Å². The van der Waals surface area contributed by atoms with Gasteiger partial charge in [-0.3, -0.25) is 0 Å². The van der Waals surface area contributed by atoms with Crippen LogP contribution in [-0.4, -0.2) is 33.0 Å². The first-order chi connectivity index (χ1) is 14.2. The number of hydrogen-bond acceptors (Lipinski definition) is 5. The molecule has 1 aliphatic heterocycles. The molecule has 0 fully saturated rings. The maximum absolute atomic E-state index is 5.71. The number of nitrogens with zero attached hydrogens (tertiary/aromatic N) is 1. The number of rotatable bonds is 9. The number of aliphatic imine (C=N–C) groups is 1. The Kier molecular flexibility index (Phi) is 9.85. The van der Waals surface area contributed by atoms with E-state index in [1.807, 2.05) is 43.3 Å². The second-order valence-electron chi connectivity index (χ2n) is 6.57. The van der Waals surface area contributed by atoms with Gasteiger partial charge in [-0.05, 0) is 48.7 Å². The third-order valence-corrected chi connectivity index (χ3v) is 4.35. The van der Waals surface area contributed by atoms with E-state index in [1.54, 1.807) is 7.11 Å². The Hall–Kier alpha value is -2.36. The summed E-state index contributed by atoms with van der Waals surface area (Å²) in [7, 11) is 1.66. The number of fused-ring (bicyclic) bond motifs is 1. The Morgan fingerprint density at radius 2 is 1.80 bits per heavy atom. The lowest BCUT2D eigenvalue weighted by Gasteiger charge is -2.14. The molecule has 0 spiro atoms. The van der Waals surface area contributed by atoms with E-state index in [0.717, 1.165) is 53.1 Å². The number of guanidine groups is 1. The summed E-state index contributed by atoms with van der Waals surface area (Å²) in [6.45, 7) is 7.01. The van der Waals surface area contributed by atoms with Crippen LogP contribution in [0.3, 0.4) is 0 Å². The minimum absolute atomic E-state index is 0. The summed E-state index contributed by atoms with van der Waals surface area (Å²) in [4.78, 5) is 4.67. The molecule has 0 atom stereocenters. The number of benzene rings is 2. The van der Waals surface area contributed by atoms with Gasteiger partial charge in [0.2, 0.25) is 6.79 Å². The van der Waals surface area contributed by atoms with Gasteiger partial charge >= 0.3 is 0 Å². The summed E-state index contributed by atoms with van der Waals surface area (Å²) in [5, 5.41) is 6.63. The predicted molar refractivity (Wildman–Crippen MR) is 128 cm³/mol. The van der Waals surface area contributed by atoms with Crippen LogP contribution in [0, 0.1) is 0 Å². The van der Waals surface area contributed by atoms with Crippen molar-refractivity contribution < 1.29 is 18.9 Å². The molecule has 0 bridgehead atoms. The summed E-state index contributed by atoms with van der Waals surface area (Å²) in [5.41, 5.74) is 2.14. The third kappa shape index (κ3) is 6.58. The zero-order chi connectivity index (χ0) is 20.5. The zero-order valence-electron chi connectivity index (χ0n) is 17.7. The second kappa shape index (κ2) is 12.4. The molecule has 0 aromatic heterocycles. The van der Waals surface area contributed by atoms with Crippen LogP contribution in [0.2, 0.25) is 0 Å². The van der Waals surface area contributed by atoms with E-state index in [1.165, 1.54) is 0 Å². The fourth-order valence-electron chi connectivity index (χ4n) is 2.89. The van der Waals surface area contributed by atoms with Crippen LogP contribution in [0.1, 0.15) is 31.4 Å². The second-order valence-corrected chi connectivity index (χ2v) is 6.57. The van der Waals surface area contributed by atoms with E-state index in [4.69, 9.17) is 18.9 Å². The van der Waals surface area contributed by atoms with Crippen molar-refractivity contribution in [3.8, 4) is 23.0 Å². The van der Waals surface area contributed by atoms with Crippen LogP contribution < -0.4 is 29.6 Å². The fraction of sp³-hybridized carbons (Fsp3) is 0.409. The van der Waals surface area contributed by atoms with Crippen LogP contribution in [0.5, 0.6) is 23.0 Å². The van der Waals surface area contributed by atoms with Crippen molar-refractivity contribution in [2.75, 3.05) is 27.1 Å². The molecule has 1 heterocycles. The minimum Gasteiger partial charge on any atom is -0.493 e. The van der Waals surface area contributed by atoms with Gasteiger partial charge in [0.25, 0.3) is 0 Å². The summed E-state index contributed by atoms with van der Waals surface area (Å²) < 4.78 is 22.0. The van der Waals surface area contributed by atoms with Gasteiger partial charge in [0.05, 0.1) is 20.3 Å². The van der Waals surface area contributed by atoms with Crippen molar-refractivity contribution in [2.24, 2.45) is 4.99 Å². The van der Waals surface area contributed by atoms with Gasteiger partial charge in [0, 0.05) is 13.1 Å². The highest BCUT2D eigenvalue weighted by molar-refractivity contribution is 14.0. The smallest absolute Gasteiger partial charge is 0.231 e. The largest absolute Gasteiger partial charge is 0.493 e. The Morgan fingerprint density at radius 3 is 2.57 bits per heavy atom. The molecule has 0 saturated carbocycles. The summed E-state index contributed by atoms with van der Waals surface area (Å²) in [5.74, 6) is 3.80. The van der Waals surface area contributed by atoms with E-state index in [9.17, 15) is 0 Å². The van der Waals surface area contributed by atoms with Crippen molar-refractivity contribution in [1.82, 2.24) is 10.6 Å². The van der Waals surface area contributed by atoms with Gasteiger partial charge in [-0.25, -0.2) is 4.99 Å². The van der Waals surface area contributed by atoms with Crippen LogP contribution in [0.4, 0.5) is 0 Å². The molecule has 0 radical (unpaired) electrons. The quantitative estimate of drug-likeness (QED) is 0.291. The molecule has 7 nitrogen and oxygen atoms in total. The molecule has 164 valence electrons. The highest BCUT2D eigenvalue weighted by Crippen LogP contribution is 2.32. The van der Waals surface area contributed by atoms with Crippen LogP contribution in [0.15, 0.2) is 41.4 Å². The molecule has 2 aromatic rings. The summed E-state index contributed by atoms with van der Waals surface area (Å²) in [6, 6.07) is 11.8. The molecule has 0 saturated heterocycles. The van der Waals surface area contributed by atoms with Crippen LogP contribution >= 0.6 is 24.0 Å². The normalized spacial score (nSPS) is 12.2. The standard InChI is InChI=1S/C22H29N3O4.HI/c1-4-10-27-18-8-6-16(11-20(18)26-3)13-24-22(23-5-2)25-14-17-7-9-19-21(12-17)29-15-28-19;/h6-9,11-12H,4-5,10,13-15H2,1-3H3,(H2,23,24,25);1H. The maximum Gasteiger partial charge on any atom is 0.231 e. The van der Waals surface area contributed by atoms with Crippen molar-refractivity contribution in [1.29, 1.82) is 0 Å². The molecule has 2 N–H and O–H groups in total. The van der Waals surface area contributed by atoms with E-state index in [-0.39, 0.29) is 30.8 Å². The molecule has 0 amide bonds. The van der Waals surface area contributed by atoms with Crippen LogP contribution in [0.25, 0.3) is 0 Å². The van der Waals surface area contributed by atoms with Gasteiger partial charge in [-0.15, -0.1) is 24.0 Å². The third-order valence-electron chi connectivity index (χ3n) is 4.35. The molecule has 0 unspecified atom stereocenters. The average molecular weight is 527 g/mol. The minimum atomic E-state index is 0. The highest BCUT2D eigenvalue weighted by atomic mass is 127. The van der Waals surface area contributed by atoms with E-state index < -0.39 is 0 Å². The summed E-state index contributed by atoms with van der Waals surface area (Å²) in [6.07, 6.45) is 0.957. The molecule has 30 heavy (non-hydrogen) atoms. The predicted octanol–water partition coefficient (Wildman–Crippen LogP) is 4.09. The Bertz CT molecular complexity index is 845. The molecule has 8 heteroatoms. The lowest BCUT2D eigenvalue weighted by atomic mass is 10.2. The first-order valence-corrected chi connectivity index (χ1v) is 9.94. The molecule has 3 rings (SSSR count). The zero-order valence-corrected chi connectivity index (χ0v) is 20.0. The number of nitrogens with one attached hydrogen (secondary N) is 2. The Labute approximate surface area is 195 Å². The number of methoxy groups -OCH3 is 1. The first kappa shape index (κ1) is 23.9. The lowest BCUT2D eigenvalue weighted by molar-refractivity contribution is 0.174. The van der Waals surface area contributed by atoms with E-state index in [0.29, 0.717) is 19.7 Å². The average Bonchev–Trinajstić information content (AvgIpc) is 3.22. The van der Waals surface area contributed by atoms with Gasteiger partial charge < -0.3 is 29.6 Å². The number of halogens is 1. The van der Waals surface area contributed by atoms with Crippen molar-refractivity contribution in [2.45, 2.75) is 33.4 Å². The number of hydrogen-bond donors (Lipinski definition) is 2.